The van der Waals surface area contributed by atoms with Crippen molar-refractivity contribution in [3.63, 3.8) is 0 Å². The predicted molar refractivity (Wildman–Crippen MR) is 84.2 cm³/mol. The minimum absolute atomic E-state index is 0.246. The zero-order valence-corrected chi connectivity index (χ0v) is 12.6. The van der Waals surface area contributed by atoms with Crippen LogP contribution in [0.1, 0.15) is 29.7 Å². The molecule has 0 amide bonds. The van der Waals surface area contributed by atoms with E-state index in [1.165, 1.54) is 16.7 Å². The molecule has 0 aliphatic carbocycles. The van der Waals surface area contributed by atoms with Gasteiger partial charge in [-0.25, -0.2) is 0 Å². The molecular formula is C18H21NO2. The Hall–Kier alpha value is -2.00. The molecule has 3 rings (SSSR count). The quantitative estimate of drug-likeness (QED) is 0.933. The van der Waals surface area contributed by atoms with Crippen molar-refractivity contribution < 1.29 is 9.47 Å². The lowest BCUT2D eigenvalue weighted by molar-refractivity contribution is 0.340. The van der Waals surface area contributed by atoms with Gasteiger partial charge < -0.3 is 14.8 Å². The summed E-state index contributed by atoms with van der Waals surface area (Å²) < 4.78 is 10.8. The highest BCUT2D eigenvalue weighted by Crippen LogP contribution is 2.31. The molecule has 3 heteroatoms. The van der Waals surface area contributed by atoms with Crippen molar-refractivity contribution in [2.75, 3.05) is 20.3 Å². The van der Waals surface area contributed by atoms with Crippen LogP contribution in [0.5, 0.6) is 11.5 Å². The van der Waals surface area contributed by atoms with Crippen LogP contribution in [0.4, 0.5) is 0 Å². The van der Waals surface area contributed by atoms with Crippen molar-refractivity contribution in [1.82, 2.24) is 5.32 Å². The summed E-state index contributed by atoms with van der Waals surface area (Å²) in [5.74, 6) is 1.85. The predicted octanol–water partition coefficient (Wildman–Crippen LogP) is 3.33. The molecule has 3 nitrogen and oxygen atoms in total. The highest BCUT2D eigenvalue weighted by atomic mass is 16.5. The molecule has 0 bridgehead atoms. The first-order chi connectivity index (χ1) is 10.3. The van der Waals surface area contributed by atoms with Gasteiger partial charge in [0, 0.05) is 6.54 Å². The molecule has 0 fully saturated rings. The van der Waals surface area contributed by atoms with E-state index < -0.39 is 0 Å². The van der Waals surface area contributed by atoms with E-state index in [4.69, 9.17) is 9.47 Å². The van der Waals surface area contributed by atoms with Gasteiger partial charge in [0.1, 0.15) is 11.5 Å². The first-order valence-corrected chi connectivity index (χ1v) is 7.44. The number of fused-ring (bicyclic) bond motifs is 1. The third kappa shape index (κ3) is 2.88. The Balaban J connectivity index is 1.90. The summed E-state index contributed by atoms with van der Waals surface area (Å²) in [6, 6.07) is 15.0. The molecule has 1 aliphatic heterocycles. The Bertz CT molecular complexity index is 607. The fraction of sp³-hybridized carbons (Fsp3) is 0.333. The number of rotatable bonds is 4. The normalized spacial score (nSPS) is 17.1. The van der Waals surface area contributed by atoms with Gasteiger partial charge in [0.25, 0.3) is 0 Å². The molecule has 2 aromatic carbocycles. The summed E-state index contributed by atoms with van der Waals surface area (Å²) in [4.78, 5) is 0. The van der Waals surface area contributed by atoms with Gasteiger partial charge in [-0.2, -0.15) is 0 Å². The van der Waals surface area contributed by atoms with E-state index in [1.54, 1.807) is 7.11 Å². The van der Waals surface area contributed by atoms with Crippen molar-refractivity contribution in [2.45, 2.75) is 19.4 Å². The van der Waals surface area contributed by atoms with E-state index in [1.807, 2.05) is 25.1 Å². The average molecular weight is 283 g/mol. The van der Waals surface area contributed by atoms with Crippen molar-refractivity contribution in [1.29, 1.82) is 0 Å². The number of ether oxygens (including phenoxy) is 2. The van der Waals surface area contributed by atoms with Gasteiger partial charge in [-0.3, -0.25) is 0 Å². The summed E-state index contributed by atoms with van der Waals surface area (Å²) in [5, 5.41) is 3.60. The van der Waals surface area contributed by atoms with E-state index in [2.05, 4.69) is 29.6 Å². The minimum atomic E-state index is 0.246. The third-order valence-corrected chi connectivity index (χ3v) is 3.93. The van der Waals surface area contributed by atoms with Gasteiger partial charge >= 0.3 is 0 Å². The molecule has 1 atom stereocenters. The second kappa shape index (κ2) is 6.19. The van der Waals surface area contributed by atoms with Crippen LogP contribution in [0.3, 0.4) is 0 Å². The SMILES string of the molecule is CCOc1ccc(C2NCCc3cc(OC)ccc32)cc1. The third-order valence-electron chi connectivity index (χ3n) is 3.93. The summed E-state index contributed by atoms with van der Waals surface area (Å²) in [5.41, 5.74) is 3.97. The van der Waals surface area contributed by atoms with Crippen LogP contribution in [-0.2, 0) is 6.42 Å². The summed E-state index contributed by atoms with van der Waals surface area (Å²) in [7, 11) is 1.72. The van der Waals surface area contributed by atoms with Crippen LogP contribution in [-0.4, -0.2) is 20.3 Å². The van der Waals surface area contributed by atoms with E-state index in [9.17, 15) is 0 Å². The molecule has 1 aliphatic rings. The van der Waals surface area contributed by atoms with E-state index in [0.717, 1.165) is 24.5 Å². The molecule has 0 saturated heterocycles. The molecule has 0 aromatic heterocycles. The molecule has 21 heavy (non-hydrogen) atoms. The highest BCUT2D eigenvalue weighted by Gasteiger charge is 2.21. The van der Waals surface area contributed by atoms with E-state index in [-0.39, 0.29) is 6.04 Å². The van der Waals surface area contributed by atoms with Crippen LogP contribution < -0.4 is 14.8 Å². The van der Waals surface area contributed by atoms with Crippen LogP contribution in [0, 0.1) is 0 Å². The second-order valence-corrected chi connectivity index (χ2v) is 5.20. The lowest BCUT2D eigenvalue weighted by atomic mass is 9.90. The van der Waals surface area contributed by atoms with E-state index in [0.29, 0.717) is 6.61 Å². The fourth-order valence-corrected chi connectivity index (χ4v) is 2.89. The zero-order chi connectivity index (χ0) is 14.7. The molecule has 2 aromatic rings. The van der Waals surface area contributed by atoms with Gasteiger partial charge in [-0.1, -0.05) is 18.2 Å². The summed E-state index contributed by atoms with van der Waals surface area (Å²) >= 11 is 0. The number of hydrogen-bond acceptors (Lipinski definition) is 3. The fourth-order valence-electron chi connectivity index (χ4n) is 2.89. The molecule has 0 spiro atoms. The van der Waals surface area contributed by atoms with Gasteiger partial charge in [0.05, 0.1) is 19.8 Å². The van der Waals surface area contributed by atoms with Gasteiger partial charge in [0.15, 0.2) is 0 Å². The molecule has 0 saturated carbocycles. The number of nitrogens with one attached hydrogen (secondary N) is 1. The maximum Gasteiger partial charge on any atom is 0.119 e. The molecule has 1 unspecified atom stereocenters. The van der Waals surface area contributed by atoms with Crippen LogP contribution >= 0.6 is 0 Å². The molecule has 110 valence electrons. The zero-order valence-electron chi connectivity index (χ0n) is 12.6. The lowest BCUT2D eigenvalue weighted by Gasteiger charge is -2.28. The first kappa shape index (κ1) is 14.0. The Morgan fingerprint density at radius 2 is 1.86 bits per heavy atom. The standard InChI is InChI=1S/C18H21NO2/c1-3-21-15-6-4-13(5-7-15)18-17-9-8-16(20-2)12-14(17)10-11-19-18/h4-9,12,18-19H,3,10-11H2,1-2H3. The molecule has 1 heterocycles. The number of methoxy groups -OCH3 is 1. The van der Waals surface area contributed by atoms with Crippen molar-refractivity contribution in [3.8, 4) is 11.5 Å². The van der Waals surface area contributed by atoms with Crippen LogP contribution in [0.25, 0.3) is 0 Å². The van der Waals surface area contributed by atoms with Gasteiger partial charge in [0.2, 0.25) is 0 Å². The maximum absolute atomic E-state index is 5.51. The van der Waals surface area contributed by atoms with Gasteiger partial charge in [-0.05, 0) is 54.3 Å². The van der Waals surface area contributed by atoms with Gasteiger partial charge in [-0.15, -0.1) is 0 Å². The average Bonchev–Trinajstić information content (AvgIpc) is 2.55. The Labute approximate surface area is 125 Å². The maximum atomic E-state index is 5.51. The molecule has 1 N–H and O–H groups in total. The number of hydrogen-bond donors (Lipinski definition) is 1. The Morgan fingerprint density at radius 1 is 1.10 bits per heavy atom. The van der Waals surface area contributed by atoms with Crippen molar-refractivity contribution in [3.05, 3.63) is 59.2 Å². The highest BCUT2D eigenvalue weighted by molar-refractivity contribution is 5.44. The minimum Gasteiger partial charge on any atom is -0.497 e. The lowest BCUT2D eigenvalue weighted by Crippen LogP contribution is -2.30. The Morgan fingerprint density at radius 3 is 2.57 bits per heavy atom. The van der Waals surface area contributed by atoms with Crippen molar-refractivity contribution in [2.24, 2.45) is 0 Å². The first-order valence-electron chi connectivity index (χ1n) is 7.44. The second-order valence-electron chi connectivity index (χ2n) is 5.20. The smallest absolute Gasteiger partial charge is 0.119 e. The summed E-state index contributed by atoms with van der Waals surface area (Å²) in [6.45, 7) is 3.68. The Kier molecular flexibility index (Phi) is 4.11. The monoisotopic (exact) mass is 283 g/mol. The molecular weight excluding hydrogens is 262 g/mol. The summed E-state index contributed by atoms with van der Waals surface area (Å²) in [6.07, 6.45) is 1.04. The van der Waals surface area contributed by atoms with Crippen LogP contribution in [0.2, 0.25) is 0 Å². The van der Waals surface area contributed by atoms with Crippen molar-refractivity contribution >= 4 is 0 Å². The number of benzene rings is 2. The van der Waals surface area contributed by atoms with Crippen LogP contribution in [0.15, 0.2) is 42.5 Å². The topological polar surface area (TPSA) is 30.5 Å². The van der Waals surface area contributed by atoms with E-state index >= 15 is 0 Å². The molecule has 0 radical (unpaired) electrons. The largest absolute Gasteiger partial charge is 0.497 e.